The Morgan fingerprint density at radius 1 is 1.37 bits per heavy atom. The Morgan fingerprint density at radius 2 is 2.00 bits per heavy atom. The van der Waals surface area contributed by atoms with E-state index in [1.807, 2.05) is 0 Å². The SMILES string of the molecule is COC(=O)[C@H](CSCCCO)NC(=O)OC(C)(C)C. The minimum Gasteiger partial charge on any atom is -0.467 e. The summed E-state index contributed by atoms with van der Waals surface area (Å²) in [5, 5.41) is 11.1. The average Bonchev–Trinajstić information content (AvgIpc) is 2.29. The third-order valence-electron chi connectivity index (χ3n) is 1.91. The molecule has 0 unspecified atom stereocenters. The third kappa shape index (κ3) is 9.61. The van der Waals surface area contributed by atoms with Crippen molar-refractivity contribution in [3.05, 3.63) is 0 Å². The number of alkyl carbamates (subject to hydrolysis) is 1. The molecule has 1 atom stereocenters. The molecule has 6 nitrogen and oxygen atoms in total. The molecule has 2 N–H and O–H groups in total. The smallest absolute Gasteiger partial charge is 0.408 e. The molecule has 0 aliphatic rings. The number of hydrogen-bond donors (Lipinski definition) is 2. The Balaban J connectivity index is 4.27. The number of carbonyl (C=O) groups excluding carboxylic acids is 2. The van der Waals surface area contributed by atoms with Crippen molar-refractivity contribution in [2.75, 3.05) is 25.2 Å². The molecule has 0 saturated heterocycles. The second kappa shape index (κ2) is 9.03. The number of nitrogens with one attached hydrogen (secondary N) is 1. The van der Waals surface area contributed by atoms with E-state index in [9.17, 15) is 9.59 Å². The van der Waals surface area contributed by atoms with Crippen molar-refractivity contribution < 1.29 is 24.2 Å². The van der Waals surface area contributed by atoms with Gasteiger partial charge in [-0.25, -0.2) is 9.59 Å². The summed E-state index contributed by atoms with van der Waals surface area (Å²) in [6.45, 7) is 5.34. The third-order valence-corrected chi connectivity index (χ3v) is 3.05. The van der Waals surface area contributed by atoms with Crippen LogP contribution in [0.2, 0.25) is 0 Å². The van der Waals surface area contributed by atoms with Gasteiger partial charge >= 0.3 is 12.1 Å². The molecule has 0 rings (SSSR count). The maximum Gasteiger partial charge on any atom is 0.408 e. The minimum absolute atomic E-state index is 0.107. The van der Waals surface area contributed by atoms with Crippen molar-refractivity contribution in [1.82, 2.24) is 5.32 Å². The minimum atomic E-state index is -0.747. The Labute approximate surface area is 118 Å². The summed E-state index contributed by atoms with van der Waals surface area (Å²) in [4.78, 5) is 23.1. The van der Waals surface area contributed by atoms with Crippen LogP contribution in [0.1, 0.15) is 27.2 Å². The molecule has 0 radical (unpaired) electrons. The number of esters is 1. The second-order valence-electron chi connectivity index (χ2n) is 4.87. The van der Waals surface area contributed by atoms with Crippen LogP contribution < -0.4 is 5.32 Å². The highest BCUT2D eigenvalue weighted by molar-refractivity contribution is 7.99. The van der Waals surface area contributed by atoms with E-state index in [0.717, 1.165) is 0 Å². The number of aliphatic hydroxyl groups is 1. The van der Waals surface area contributed by atoms with Crippen molar-refractivity contribution in [1.29, 1.82) is 0 Å². The number of ether oxygens (including phenoxy) is 2. The maximum atomic E-state index is 11.6. The summed E-state index contributed by atoms with van der Waals surface area (Å²) in [5.74, 6) is 0.577. The van der Waals surface area contributed by atoms with Crippen LogP contribution >= 0.6 is 11.8 Å². The van der Waals surface area contributed by atoms with E-state index >= 15 is 0 Å². The van der Waals surface area contributed by atoms with E-state index in [4.69, 9.17) is 9.84 Å². The fourth-order valence-corrected chi connectivity index (χ4v) is 2.08. The zero-order valence-corrected chi connectivity index (χ0v) is 12.7. The van der Waals surface area contributed by atoms with Crippen LogP contribution in [0.4, 0.5) is 4.79 Å². The number of rotatable bonds is 7. The number of hydrogen-bond acceptors (Lipinski definition) is 6. The predicted octanol–water partition coefficient (Wildman–Crippen LogP) is 1.17. The molecule has 112 valence electrons. The van der Waals surface area contributed by atoms with Crippen molar-refractivity contribution in [3.63, 3.8) is 0 Å². The van der Waals surface area contributed by atoms with Crippen LogP contribution in [-0.4, -0.2) is 54.0 Å². The van der Waals surface area contributed by atoms with Crippen LogP contribution in [-0.2, 0) is 14.3 Å². The summed E-state index contributed by atoms with van der Waals surface area (Å²) in [5.41, 5.74) is -0.616. The number of aliphatic hydroxyl groups excluding tert-OH is 1. The van der Waals surface area contributed by atoms with E-state index in [0.29, 0.717) is 17.9 Å². The van der Waals surface area contributed by atoms with Gasteiger partial charge in [0.15, 0.2) is 0 Å². The first kappa shape index (κ1) is 18.0. The van der Waals surface area contributed by atoms with Gasteiger partial charge in [-0.3, -0.25) is 0 Å². The Morgan fingerprint density at radius 3 is 2.47 bits per heavy atom. The van der Waals surface area contributed by atoms with Crippen molar-refractivity contribution in [2.24, 2.45) is 0 Å². The van der Waals surface area contributed by atoms with Gasteiger partial charge in [-0.2, -0.15) is 11.8 Å². The molecule has 19 heavy (non-hydrogen) atoms. The van der Waals surface area contributed by atoms with Crippen LogP contribution in [0.25, 0.3) is 0 Å². The highest BCUT2D eigenvalue weighted by Crippen LogP contribution is 2.09. The molecule has 0 aromatic carbocycles. The highest BCUT2D eigenvalue weighted by atomic mass is 32.2. The van der Waals surface area contributed by atoms with Gasteiger partial charge in [0.2, 0.25) is 0 Å². The standard InChI is InChI=1S/C12H23NO5S/c1-12(2,3)18-11(16)13-9(10(15)17-4)8-19-7-5-6-14/h9,14H,5-8H2,1-4H3,(H,13,16)/t9-/m0/s1. The molecular weight excluding hydrogens is 270 g/mol. The average molecular weight is 293 g/mol. The summed E-state index contributed by atoms with van der Waals surface area (Å²) in [7, 11) is 1.27. The second-order valence-corrected chi connectivity index (χ2v) is 6.02. The van der Waals surface area contributed by atoms with E-state index in [2.05, 4.69) is 10.1 Å². The summed E-state index contributed by atoms with van der Waals surface area (Å²) < 4.78 is 9.71. The lowest BCUT2D eigenvalue weighted by Crippen LogP contribution is -2.45. The van der Waals surface area contributed by atoms with Gasteiger partial charge in [-0.05, 0) is 32.9 Å². The monoisotopic (exact) mass is 293 g/mol. The molecule has 0 bridgehead atoms. The Bertz CT molecular complexity index is 290. The topological polar surface area (TPSA) is 84.9 Å². The van der Waals surface area contributed by atoms with Gasteiger partial charge in [0.25, 0.3) is 0 Å². The molecule has 1 amide bonds. The molecule has 0 saturated carbocycles. The summed E-state index contributed by atoms with van der Waals surface area (Å²) in [6.07, 6.45) is -0.00369. The number of carbonyl (C=O) groups is 2. The summed E-state index contributed by atoms with van der Waals surface area (Å²) >= 11 is 1.46. The first-order valence-electron chi connectivity index (χ1n) is 6.06. The molecule has 0 aliphatic carbocycles. The van der Waals surface area contributed by atoms with Gasteiger partial charge in [0, 0.05) is 12.4 Å². The fraction of sp³-hybridized carbons (Fsp3) is 0.833. The number of methoxy groups -OCH3 is 1. The fourth-order valence-electron chi connectivity index (χ4n) is 1.13. The van der Waals surface area contributed by atoms with E-state index in [-0.39, 0.29) is 6.61 Å². The molecule has 0 aromatic heterocycles. The van der Waals surface area contributed by atoms with E-state index in [1.54, 1.807) is 20.8 Å². The molecule has 0 aromatic rings. The van der Waals surface area contributed by atoms with Gasteiger partial charge in [-0.15, -0.1) is 0 Å². The summed E-state index contributed by atoms with van der Waals surface area (Å²) in [6, 6.07) is -0.747. The maximum absolute atomic E-state index is 11.6. The van der Waals surface area contributed by atoms with Crippen LogP contribution in [0, 0.1) is 0 Å². The zero-order valence-electron chi connectivity index (χ0n) is 11.9. The molecule has 7 heteroatoms. The van der Waals surface area contributed by atoms with Gasteiger partial charge < -0.3 is 19.9 Å². The highest BCUT2D eigenvalue weighted by Gasteiger charge is 2.24. The molecular formula is C12H23NO5S. The van der Waals surface area contributed by atoms with E-state index < -0.39 is 23.7 Å². The van der Waals surface area contributed by atoms with Gasteiger partial charge in [0.05, 0.1) is 7.11 Å². The number of amides is 1. The number of thioether (sulfide) groups is 1. The molecule has 0 aliphatic heterocycles. The first-order chi connectivity index (χ1) is 8.80. The lowest BCUT2D eigenvalue weighted by Gasteiger charge is -2.22. The van der Waals surface area contributed by atoms with Crippen LogP contribution in [0.15, 0.2) is 0 Å². The first-order valence-corrected chi connectivity index (χ1v) is 7.21. The van der Waals surface area contributed by atoms with E-state index in [1.165, 1.54) is 18.9 Å². The lowest BCUT2D eigenvalue weighted by atomic mass is 10.2. The normalized spacial score (nSPS) is 12.7. The Kier molecular flexibility index (Phi) is 8.58. The van der Waals surface area contributed by atoms with Gasteiger partial charge in [0.1, 0.15) is 11.6 Å². The quantitative estimate of drug-likeness (QED) is 0.541. The predicted molar refractivity (Wildman–Crippen MR) is 74.2 cm³/mol. The van der Waals surface area contributed by atoms with Crippen molar-refractivity contribution in [3.8, 4) is 0 Å². The molecule has 0 spiro atoms. The largest absolute Gasteiger partial charge is 0.467 e. The molecule has 0 heterocycles. The zero-order chi connectivity index (χ0) is 14.9. The van der Waals surface area contributed by atoms with Crippen LogP contribution in [0.3, 0.4) is 0 Å². The van der Waals surface area contributed by atoms with Gasteiger partial charge in [-0.1, -0.05) is 0 Å². The molecule has 0 fully saturated rings. The van der Waals surface area contributed by atoms with Crippen LogP contribution in [0.5, 0.6) is 0 Å². The van der Waals surface area contributed by atoms with Crippen molar-refractivity contribution in [2.45, 2.75) is 38.8 Å². The lowest BCUT2D eigenvalue weighted by molar-refractivity contribution is -0.142. The van der Waals surface area contributed by atoms with Crippen molar-refractivity contribution >= 4 is 23.8 Å². The Hall–Kier alpha value is -0.950.